The summed E-state index contributed by atoms with van der Waals surface area (Å²) in [6, 6.07) is 18.1. The van der Waals surface area contributed by atoms with Crippen molar-refractivity contribution in [2.45, 2.75) is 6.92 Å². The van der Waals surface area contributed by atoms with Crippen molar-refractivity contribution in [1.82, 2.24) is 14.8 Å². The summed E-state index contributed by atoms with van der Waals surface area (Å²) in [6.45, 7) is 3.19. The van der Waals surface area contributed by atoms with Crippen molar-refractivity contribution in [2.75, 3.05) is 26.2 Å². The van der Waals surface area contributed by atoms with E-state index in [1.165, 1.54) is 11.0 Å². The monoisotopic (exact) mass is 487 g/mol. The van der Waals surface area contributed by atoms with Gasteiger partial charge in [-0.1, -0.05) is 42.0 Å². The molecule has 1 aliphatic heterocycles. The highest BCUT2D eigenvalue weighted by molar-refractivity contribution is 6.00. The van der Waals surface area contributed by atoms with E-state index in [-0.39, 0.29) is 24.6 Å². The molecule has 1 saturated heterocycles. The molecule has 0 spiro atoms. The van der Waals surface area contributed by atoms with Crippen LogP contribution in [0.15, 0.2) is 77.3 Å². The molecular weight excluding hydrogens is 464 g/mol. The van der Waals surface area contributed by atoms with E-state index in [0.29, 0.717) is 35.9 Å². The largest absolute Gasteiger partial charge is 0.436 e. The first kappa shape index (κ1) is 23.4. The molecule has 2 amide bonds. The molecule has 8 heteroatoms. The van der Waals surface area contributed by atoms with E-state index in [4.69, 9.17) is 4.42 Å². The molecule has 0 N–H and O–H groups in total. The number of carbonyl (C=O) groups excluding carboxylic acids is 2. The first-order chi connectivity index (χ1) is 17.4. The van der Waals surface area contributed by atoms with Crippen molar-refractivity contribution in [1.29, 1.82) is 0 Å². The Bertz CT molecular complexity index is 1420. The second kappa shape index (κ2) is 9.73. The molecule has 1 fully saturated rings. The first-order valence-corrected chi connectivity index (χ1v) is 11.6. The van der Waals surface area contributed by atoms with Crippen molar-refractivity contribution in [3.05, 3.63) is 101 Å². The van der Waals surface area contributed by atoms with Crippen LogP contribution in [0.5, 0.6) is 0 Å². The second-order valence-corrected chi connectivity index (χ2v) is 8.65. The number of amides is 2. The fourth-order valence-corrected chi connectivity index (χ4v) is 4.20. The summed E-state index contributed by atoms with van der Waals surface area (Å²) in [4.78, 5) is 33.7. The number of rotatable bonds is 4. The number of carbonyl (C=O) groups is 2. The maximum Gasteiger partial charge on any atom is 0.254 e. The molecule has 1 aliphatic rings. The molecule has 4 aromatic rings. The van der Waals surface area contributed by atoms with Crippen molar-refractivity contribution in [3.8, 4) is 22.8 Å². The Morgan fingerprint density at radius 1 is 0.833 bits per heavy atom. The molecule has 36 heavy (non-hydrogen) atoms. The number of aryl methyl sites for hydroxylation is 1. The normalized spacial score (nSPS) is 13.6. The van der Waals surface area contributed by atoms with Crippen LogP contribution >= 0.6 is 0 Å². The van der Waals surface area contributed by atoms with Crippen LogP contribution in [0.2, 0.25) is 0 Å². The van der Waals surface area contributed by atoms with Gasteiger partial charge in [0.1, 0.15) is 0 Å². The lowest BCUT2D eigenvalue weighted by Crippen LogP contribution is -2.50. The Labute approximate surface area is 206 Å². The van der Waals surface area contributed by atoms with Crippen LogP contribution in [-0.2, 0) is 0 Å². The SMILES string of the molecule is Cc1ccc(-c2cnc(-c3ccccc3C(=O)N3CCN(C(=O)c4ccc(F)c(F)c4)CC3)o2)cc1. The van der Waals surface area contributed by atoms with Crippen LogP contribution in [0, 0.1) is 18.6 Å². The van der Waals surface area contributed by atoms with Gasteiger partial charge in [-0.05, 0) is 37.3 Å². The average molecular weight is 488 g/mol. The number of aromatic nitrogens is 1. The zero-order valence-electron chi connectivity index (χ0n) is 19.6. The summed E-state index contributed by atoms with van der Waals surface area (Å²) in [6.07, 6.45) is 1.64. The second-order valence-electron chi connectivity index (χ2n) is 8.65. The lowest BCUT2D eigenvalue weighted by molar-refractivity contribution is 0.0535. The molecule has 5 rings (SSSR count). The van der Waals surface area contributed by atoms with E-state index < -0.39 is 17.5 Å². The minimum absolute atomic E-state index is 0.0762. The molecule has 2 heterocycles. The average Bonchev–Trinajstić information content (AvgIpc) is 3.40. The van der Waals surface area contributed by atoms with Crippen LogP contribution in [-0.4, -0.2) is 52.8 Å². The van der Waals surface area contributed by atoms with Gasteiger partial charge in [-0.2, -0.15) is 0 Å². The fraction of sp³-hybridized carbons (Fsp3) is 0.179. The third kappa shape index (κ3) is 4.62. The van der Waals surface area contributed by atoms with Gasteiger partial charge in [-0.3, -0.25) is 9.59 Å². The minimum Gasteiger partial charge on any atom is -0.436 e. The van der Waals surface area contributed by atoms with E-state index in [2.05, 4.69) is 4.98 Å². The summed E-state index contributed by atoms with van der Waals surface area (Å²) < 4.78 is 32.7. The molecule has 6 nitrogen and oxygen atoms in total. The maximum atomic E-state index is 13.5. The molecule has 3 aromatic carbocycles. The number of benzene rings is 3. The Hall–Kier alpha value is -4.33. The standard InChI is InChI=1S/C28H23F2N3O3/c1-18-6-8-19(9-7-18)25-17-31-26(36-25)21-4-2-3-5-22(21)28(35)33-14-12-32(13-15-33)27(34)20-10-11-23(29)24(30)16-20/h2-11,16-17H,12-15H2,1H3. The van der Waals surface area contributed by atoms with Gasteiger partial charge in [-0.25, -0.2) is 13.8 Å². The molecule has 0 saturated carbocycles. The molecule has 0 aliphatic carbocycles. The van der Waals surface area contributed by atoms with Crippen molar-refractivity contribution >= 4 is 11.8 Å². The van der Waals surface area contributed by atoms with Gasteiger partial charge < -0.3 is 14.2 Å². The number of hydrogen-bond acceptors (Lipinski definition) is 4. The minimum atomic E-state index is -1.07. The number of hydrogen-bond donors (Lipinski definition) is 0. The third-order valence-electron chi connectivity index (χ3n) is 6.25. The molecule has 0 bridgehead atoms. The van der Waals surface area contributed by atoms with Crippen LogP contribution < -0.4 is 0 Å². The summed E-state index contributed by atoms with van der Waals surface area (Å²) in [5.41, 5.74) is 3.15. The van der Waals surface area contributed by atoms with Gasteiger partial charge in [0.15, 0.2) is 17.4 Å². The van der Waals surface area contributed by atoms with Crippen LogP contribution in [0.4, 0.5) is 8.78 Å². The fourth-order valence-electron chi connectivity index (χ4n) is 4.20. The maximum absolute atomic E-state index is 13.5. The summed E-state index contributed by atoms with van der Waals surface area (Å²) in [5, 5.41) is 0. The Balaban J connectivity index is 1.30. The van der Waals surface area contributed by atoms with E-state index >= 15 is 0 Å². The van der Waals surface area contributed by atoms with Gasteiger partial charge in [-0.15, -0.1) is 0 Å². The highest BCUT2D eigenvalue weighted by Gasteiger charge is 2.28. The predicted octanol–water partition coefficient (Wildman–Crippen LogP) is 5.19. The molecule has 0 atom stereocenters. The summed E-state index contributed by atoms with van der Waals surface area (Å²) in [7, 11) is 0. The number of oxazole rings is 1. The Morgan fingerprint density at radius 3 is 2.19 bits per heavy atom. The smallest absolute Gasteiger partial charge is 0.254 e. The van der Waals surface area contributed by atoms with Crippen molar-refractivity contribution in [3.63, 3.8) is 0 Å². The Morgan fingerprint density at radius 2 is 1.50 bits per heavy atom. The van der Waals surface area contributed by atoms with Gasteiger partial charge in [0.25, 0.3) is 11.8 Å². The third-order valence-corrected chi connectivity index (χ3v) is 6.25. The number of halogens is 2. The number of nitrogens with zero attached hydrogens (tertiary/aromatic N) is 3. The quantitative estimate of drug-likeness (QED) is 0.397. The lowest BCUT2D eigenvalue weighted by atomic mass is 10.1. The van der Waals surface area contributed by atoms with Gasteiger partial charge in [0, 0.05) is 42.9 Å². The zero-order chi connectivity index (χ0) is 25.2. The molecule has 0 unspecified atom stereocenters. The van der Waals surface area contributed by atoms with Gasteiger partial charge >= 0.3 is 0 Å². The predicted molar refractivity (Wildman–Crippen MR) is 130 cm³/mol. The summed E-state index contributed by atoms with van der Waals surface area (Å²) >= 11 is 0. The Kier molecular flexibility index (Phi) is 6.33. The molecule has 1 aromatic heterocycles. The molecule has 0 radical (unpaired) electrons. The molecule has 182 valence electrons. The van der Waals surface area contributed by atoms with Crippen molar-refractivity contribution in [2.24, 2.45) is 0 Å². The summed E-state index contributed by atoms with van der Waals surface area (Å²) in [5.74, 6) is -1.70. The van der Waals surface area contributed by atoms with Crippen LogP contribution in [0.25, 0.3) is 22.8 Å². The molecular formula is C28H23F2N3O3. The zero-order valence-corrected chi connectivity index (χ0v) is 19.6. The van der Waals surface area contributed by atoms with Crippen LogP contribution in [0.3, 0.4) is 0 Å². The highest BCUT2D eigenvalue weighted by atomic mass is 19.2. The van der Waals surface area contributed by atoms with E-state index in [0.717, 1.165) is 23.3 Å². The van der Waals surface area contributed by atoms with E-state index in [1.54, 1.807) is 29.3 Å². The topological polar surface area (TPSA) is 66.7 Å². The number of piperazine rings is 1. The van der Waals surface area contributed by atoms with Crippen LogP contribution in [0.1, 0.15) is 26.3 Å². The lowest BCUT2D eigenvalue weighted by Gasteiger charge is -2.35. The van der Waals surface area contributed by atoms with Crippen molar-refractivity contribution < 1.29 is 22.8 Å². The van der Waals surface area contributed by atoms with E-state index in [1.807, 2.05) is 37.3 Å². The van der Waals surface area contributed by atoms with Gasteiger partial charge in [0.2, 0.25) is 5.89 Å². The first-order valence-electron chi connectivity index (χ1n) is 11.6. The highest BCUT2D eigenvalue weighted by Crippen LogP contribution is 2.29. The van der Waals surface area contributed by atoms with E-state index in [9.17, 15) is 18.4 Å². The van der Waals surface area contributed by atoms with Gasteiger partial charge in [0.05, 0.1) is 11.8 Å².